The Hall–Kier alpha value is -3.66. The molecule has 5 aromatic rings. The standard InChI is InChI=1S/C28H18BF2IN2O2/c1-17-10-12-18(13-11-17)27-22-14-15-26(35-25-9-5-3-7-21(25)32)33(22)29(30,31)34-23(27)16-20-19-6-2-4-8-24(19)36-28(20)34/h2-16H,1H3. The van der Waals surface area contributed by atoms with Gasteiger partial charge in [0.15, 0.2) is 11.6 Å². The summed E-state index contributed by atoms with van der Waals surface area (Å²) in [4.78, 5) is 0. The normalized spacial score (nSPS) is 15.5. The van der Waals surface area contributed by atoms with Gasteiger partial charge in [0.1, 0.15) is 11.3 Å². The second kappa shape index (κ2) is 7.67. The number of para-hydroxylation sites is 2. The summed E-state index contributed by atoms with van der Waals surface area (Å²) in [5.74, 6) is 0.599. The Morgan fingerprint density at radius 3 is 2.47 bits per heavy atom. The lowest BCUT2D eigenvalue weighted by Crippen LogP contribution is -2.56. The smallest absolute Gasteiger partial charge is 0.443 e. The van der Waals surface area contributed by atoms with E-state index in [2.05, 4.69) is 22.6 Å². The molecule has 0 atom stereocenters. The Morgan fingerprint density at radius 1 is 0.917 bits per heavy atom. The van der Waals surface area contributed by atoms with E-state index in [1.165, 1.54) is 0 Å². The van der Waals surface area contributed by atoms with Gasteiger partial charge in [0.25, 0.3) is 0 Å². The van der Waals surface area contributed by atoms with E-state index in [9.17, 15) is 0 Å². The highest BCUT2D eigenvalue weighted by molar-refractivity contribution is 14.1. The molecule has 2 aliphatic rings. The number of benzene rings is 3. The molecule has 0 saturated heterocycles. The predicted molar refractivity (Wildman–Crippen MR) is 145 cm³/mol. The average molecular weight is 590 g/mol. The molecule has 176 valence electrons. The lowest BCUT2D eigenvalue weighted by atomic mass is 9.86. The highest BCUT2D eigenvalue weighted by Crippen LogP contribution is 2.42. The highest BCUT2D eigenvalue weighted by atomic mass is 127. The number of fused-ring (bicyclic) bond motifs is 5. The van der Waals surface area contributed by atoms with Crippen LogP contribution in [0.5, 0.6) is 11.6 Å². The number of hydrogen-bond acceptors (Lipinski definition) is 2. The molecule has 3 aromatic carbocycles. The van der Waals surface area contributed by atoms with Crippen molar-refractivity contribution < 1.29 is 17.8 Å². The number of halogens is 3. The van der Waals surface area contributed by atoms with E-state index < -0.39 is 6.97 Å². The first-order valence-electron chi connectivity index (χ1n) is 11.6. The van der Waals surface area contributed by atoms with E-state index in [0.717, 1.165) is 29.0 Å². The van der Waals surface area contributed by atoms with Crippen molar-refractivity contribution in [3.05, 3.63) is 122 Å². The van der Waals surface area contributed by atoms with Crippen LogP contribution >= 0.6 is 22.6 Å². The van der Waals surface area contributed by atoms with Crippen LogP contribution < -0.4 is 20.0 Å². The molecule has 8 heteroatoms. The van der Waals surface area contributed by atoms with Gasteiger partial charge in [-0.1, -0.05) is 60.2 Å². The summed E-state index contributed by atoms with van der Waals surface area (Å²) in [6.07, 6.45) is 1.82. The van der Waals surface area contributed by atoms with Crippen LogP contribution in [0.3, 0.4) is 0 Å². The number of allylic oxidation sites excluding steroid dienone is 1. The molecule has 7 rings (SSSR count). The number of rotatable bonds is 3. The third kappa shape index (κ3) is 3.00. The minimum absolute atomic E-state index is 0.0762. The third-order valence-electron chi connectivity index (χ3n) is 6.78. The van der Waals surface area contributed by atoms with E-state index in [4.69, 9.17) is 9.15 Å². The monoisotopic (exact) mass is 590 g/mol. The summed E-state index contributed by atoms with van der Waals surface area (Å²) in [5.41, 5.74) is 4.21. The fourth-order valence-corrected chi connectivity index (χ4v) is 5.62. The summed E-state index contributed by atoms with van der Waals surface area (Å²) in [6, 6.07) is 26.0. The maximum atomic E-state index is 16.6. The first-order chi connectivity index (χ1) is 17.4. The summed E-state index contributed by atoms with van der Waals surface area (Å²) < 4.78 is 48.2. The van der Waals surface area contributed by atoms with Crippen molar-refractivity contribution in [1.82, 2.24) is 8.96 Å². The predicted octanol–water partition coefficient (Wildman–Crippen LogP) is 5.92. The first-order valence-corrected chi connectivity index (χ1v) is 12.6. The van der Waals surface area contributed by atoms with Gasteiger partial charge < -0.3 is 22.3 Å². The molecule has 0 radical (unpaired) electrons. The second-order valence-corrected chi connectivity index (χ2v) is 10.2. The van der Waals surface area contributed by atoms with E-state index >= 15 is 8.63 Å². The largest absolute Gasteiger partial charge is 0.742 e. The molecular formula is C28H18BF2IN2O2. The van der Waals surface area contributed by atoms with E-state index in [0.29, 0.717) is 33.5 Å². The fraction of sp³-hybridized carbons (Fsp3) is 0.0357. The topological polar surface area (TPSA) is 30.3 Å². The second-order valence-electron chi connectivity index (χ2n) is 9.01. The van der Waals surface area contributed by atoms with Crippen LogP contribution in [0.1, 0.15) is 16.8 Å². The SMILES string of the molecule is Cc1ccc(C2=C3C=c4c(oc5ccccc45)=[N+]3[B-](F)(F)n3c(Oc4ccccc4I)ccc32)cc1. The van der Waals surface area contributed by atoms with Crippen molar-refractivity contribution in [3.8, 4) is 11.6 Å². The van der Waals surface area contributed by atoms with Gasteiger partial charge >= 0.3 is 12.5 Å². The summed E-state index contributed by atoms with van der Waals surface area (Å²) >= 11 is 2.14. The van der Waals surface area contributed by atoms with Crippen molar-refractivity contribution in [1.29, 1.82) is 0 Å². The lowest BCUT2D eigenvalue weighted by molar-refractivity contribution is 0.416. The van der Waals surface area contributed by atoms with Crippen LogP contribution in [0.4, 0.5) is 8.63 Å². The van der Waals surface area contributed by atoms with Gasteiger partial charge in [-0.25, -0.2) is 0 Å². The van der Waals surface area contributed by atoms with Crippen molar-refractivity contribution in [2.75, 3.05) is 0 Å². The van der Waals surface area contributed by atoms with Crippen LogP contribution in [-0.2, 0) is 0 Å². The van der Waals surface area contributed by atoms with Gasteiger partial charge in [0.2, 0.25) is 0 Å². The Kier molecular flexibility index (Phi) is 4.60. The zero-order chi connectivity index (χ0) is 24.6. The van der Waals surface area contributed by atoms with Crippen LogP contribution in [0.25, 0.3) is 22.6 Å². The Morgan fingerprint density at radius 2 is 1.67 bits per heavy atom. The average Bonchev–Trinajstić information content (AvgIpc) is 3.54. The van der Waals surface area contributed by atoms with Gasteiger partial charge in [0, 0.05) is 17.2 Å². The van der Waals surface area contributed by atoms with Gasteiger partial charge in [-0.05, 0) is 65.4 Å². The zero-order valence-corrected chi connectivity index (χ0v) is 21.2. The minimum Gasteiger partial charge on any atom is -0.443 e. The van der Waals surface area contributed by atoms with Gasteiger partial charge in [-0.15, -0.1) is 0 Å². The Balaban J connectivity index is 1.56. The molecule has 2 aliphatic heterocycles. The van der Waals surface area contributed by atoms with Crippen LogP contribution in [0.2, 0.25) is 0 Å². The molecule has 0 aliphatic carbocycles. The number of furan rings is 1. The molecular weight excluding hydrogens is 572 g/mol. The summed E-state index contributed by atoms with van der Waals surface area (Å²) in [6.45, 7) is -2.32. The lowest BCUT2D eigenvalue weighted by Gasteiger charge is -2.31. The van der Waals surface area contributed by atoms with Crippen LogP contribution in [0, 0.1) is 10.5 Å². The Labute approximate surface area is 218 Å². The Bertz CT molecular complexity index is 1870. The van der Waals surface area contributed by atoms with Crippen molar-refractivity contribution >= 4 is 52.2 Å². The minimum atomic E-state index is -4.33. The van der Waals surface area contributed by atoms with Gasteiger partial charge in [-0.3, -0.25) is 4.49 Å². The molecule has 0 bridgehead atoms. The van der Waals surface area contributed by atoms with E-state index in [1.807, 2.05) is 73.7 Å². The first kappa shape index (κ1) is 21.6. The third-order valence-corrected chi connectivity index (χ3v) is 7.67. The van der Waals surface area contributed by atoms with Gasteiger partial charge in [0.05, 0.1) is 14.4 Å². The molecule has 0 fully saturated rings. The number of hydrogen-bond donors (Lipinski definition) is 0. The number of nitrogens with zero attached hydrogens (tertiary/aromatic N) is 2. The van der Waals surface area contributed by atoms with E-state index in [-0.39, 0.29) is 11.4 Å². The van der Waals surface area contributed by atoms with E-state index in [1.54, 1.807) is 24.3 Å². The molecule has 2 aromatic heterocycles. The number of aromatic nitrogens is 1. The summed E-state index contributed by atoms with van der Waals surface area (Å²) in [7, 11) is 0. The van der Waals surface area contributed by atoms with Crippen LogP contribution in [0.15, 0.2) is 95.0 Å². The maximum Gasteiger partial charge on any atom is 0.742 e. The van der Waals surface area contributed by atoms with Gasteiger partial charge in [-0.2, -0.15) is 0 Å². The van der Waals surface area contributed by atoms with Crippen molar-refractivity contribution in [2.45, 2.75) is 6.92 Å². The fourth-order valence-electron chi connectivity index (χ4n) is 5.13. The highest BCUT2D eigenvalue weighted by Gasteiger charge is 2.55. The van der Waals surface area contributed by atoms with Crippen molar-refractivity contribution in [3.63, 3.8) is 0 Å². The van der Waals surface area contributed by atoms with Crippen LogP contribution in [-0.4, -0.2) is 11.4 Å². The molecule has 0 N–H and O–H groups in total. The molecule has 0 unspecified atom stereocenters. The molecule has 0 saturated carbocycles. The quantitative estimate of drug-likeness (QED) is 0.193. The molecule has 0 amide bonds. The summed E-state index contributed by atoms with van der Waals surface area (Å²) in [5, 5.41) is 1.47. The maximum absolute atomic E-state index is 16.6. The molecule has 4 heterocycles. The molecule has 36 heavy (non-hydrogen) atoms. The number of ether oxygens (including phenoxy) is 1. The zero-order valence-electron chi connectivity index (χ0n) is 19.1. The molecule has 0 spiro atoms. The molecule has 4 nitrogen and oxygen atoms in total. The van der Waals surface area contributed by atoms with Crippen molar-refractivity contribution in [2.24, 2.45) is 0 Å². The number of aryl methyl sites for hydroxylation is 1.